The molecule has 1 saturated carbocycles. The molecule has 6 heteroatoms. The van der Waals surface area contributed by atoms with Gasteiger partial charge in [-0.25, -0.2) is 9.18 Å². The van der Waals surface area contributed by atoms with Crippen molar-refractivity contribution in [2.24, 2.45) is 5.41 Å². The van der Waals surface area contributed by atoms with E-state index in [1.807, 2.05) is 0 Å². The van der Waals surface area contributed by atoms with Gasteiger partial charge in [-0.15, -0.1) is 0 Å². The highest BCUT2D eigenvalue weighted by atomic mass is 19.1. The van der Waals surface area contributed by atoms with E-state index in [4.69, 9.17) is 4.84 Å². The highest BCUT2D eigenvalue weighted by molar-refractivity contribution is 6.20. The number of amides is 2. The molecule has 20 heavy (non-hydrogen) atoms. The van der Waals surface area contributed by atoms with Crippen LogP contribution in [-0.2, 0) is 9.63 Å². The number of hydroxylamine groups is 2. The van der Waals surface area contributed by atoms with Crippen molar-refractivity contribution in [2.75, 3.05) is 0 Å². The Morgan fingerprint density at radius 1 is 1.25 bits per heavy atom. The maximum Gasteiger partial charge on any atom is 0.339 e. The summed E-state index contributed by atoms with van der Waals surface area (Å²) in [6.07, 6.45) is -0.931. The summed E-state index contributed by atoms with van der Waals surface area (Å²) in [5, 5.41) is 0.462. The first kappa shape index (κ1) is 12.8. The molecule has 5 nitrogen and oxygen atoms in total. The third-order valence-corrected chi connectivity index (χ3v) is 3.77. The van der Waals surface area contributed by atoms with Crippen molar-refractivity contribution in [2.45, 2.75) is 25.9 Å². The van der Waals surface area contributed by atoms with E-state index in [1.54, 1.807) is 19.1 Å². The van der Waals surface area contributed by atoms with Crippen molar-refractivity contribution in [3.05, 3.63) is 35.4 Å². The number of halogens is 1. The average molecular weight is 277 g/mol. The van der Waals surface area contributed by atoms with Gasteiger partial charge in [-0.2, -0.15) is 0 Å². The second kappa shape index (κ2) is 4.13. The molecule has 0 bridgehead atoms. The lowest BCUT2D eigenvalue weighted by Gasteiger charge is -2.38. The van der Waals surface area contributed by atoms with Crippen molar-refractivity contribution in [3.63, 3.8) is 0 Å². The Balaban J connectivity index is 1.79. The Hall–Kier alpha value is -2.24. The van der Waals surface area contributed by atoms with Crippen LogP contribution < -0.4 is 0 Å². The molecule has 1 aliphatic heterocycles. The monoisotopic (exact) mass is 277 g/mol. The smallest absolute Gasteiger partial charge is 0.329 e. The lowest BCUT2D eigenvalue weighted by Crippen LogP contribution is -2.47. The van der Waals surface area contributed by atoms with Crippen LogP contribution in [0.15, 0.2) is 24.3 Å². The SMILES string of the molecule is CC1(C(=O)ON2C(=O)c3ccccc3C2=O)CC(F)C1. The summed E-state index contributed by atoms with van der Waals surface area (Å²) >= 11 is 0. The standard InChI is InChI=1S/C14H12FNO4/c1-14(6-8(15)7-14)13(19)20-16-11(17)9-4-2-3-5-10(9)12(16)18/h2-5,8H,6-7H2,1H3. The van der Waals surface area contributed by atoms with Gasteiger partial charge >= 0.3 is 5.97 Å². The van der Waals surface area contributed by atoms with E-state index in [0.29, 0.717) is 5.06 Å². The fourth-order valence-electron chi connectivity index (χ4n) is 2.53. The lowest BCUT2D eigenvalue weighted by atomic mass is 9.69. The molecule has 0 unspecified atom stereocenters. The van der Waals surface area contributed by atoms with Crippen LogP contribution in [0.2, 0.25) is 0 Å². The van der Waals surface area contributed by atoms with E-state index >= 15 is 0 Å². The maximum atomic E-state index is 12.9. The Bertz CT molecular complexity index is 586. The van der Waals surface area contributed by atoms with Gasteiger partial charge in [-0.1, -0.05) is 17.2 Å². The van der Waals surface area contributed by atoms with Crippen LogP contribution in [0.1, 0.15) is 40.5 Å². The molecule has 3 rings (SSSR count). The van der Waals surface area contributed by atoms with Gasteiger partial charge in [0.05, 0.1) is 16.5 Å². The summed E-state index contributed by atoms with van der Waals surface area (Å²) in [4.78, 5) is 40.8. The molecular weight excluding hydrogens is 265 g/mol. The molecule has 0 atom stereocenters. The van der Waals surface area contributed by atoms with Crippen LogP contribution in [0.4, 0.5) is 4.39 Å². The van der Waals surface area contributed by atoms with Gasteiger partial charge in [0.25, 0.3) is 11.8 Å². The summed E-state index contributed by atoms with van der Waals surface area (Å²) in [7, 11) is 0. The molecular formula is C14H12FNO4. The molecule has 1 aromatic carbocycles. The fourth-order valence-corrected chi connectivity index (χ4v) is 2.53. The number of alkyl halides is 1. The number of benzene rings is 1. The van der Waals surface area contributed by atoms with Crippen LogP contribution in [0, 0.1) is 5.41 Å². The molecule has 1 heterocycles. The molecule has 0 spiro atoms. The van der Waals surface area contributed by atoms with Crippen molar-refractivity contribution >= 4 is 17.8 Å². The predicted octanol–water partition coefficient (Wildman–Crippen LogP) is 1.88. The predicted molar refractivity (Wildman–Crippen MR) is 65.3 cm³/mol. The number of hydrogen-bond acceptors (Lipinski definition) is 4. The fraction of sp³-hybridized carbons (Fsp3) is 0.357. The van der Waals surface area contributed by atoms with E-state index in [9.17, 15) is 18.8 Å². The van der Waals surface area contributed by atoms with Crippen LogP contribution in [-0.4, -0.2) is 29.0 Å². The van der Waals surface area contributed by atoms with Gasteiger partial charge in [0.1, 0.15) is 6.17 Å². The zero-order valence-electron chi connectivity index (χ0n) is 10.8. The average Bonchev–Trinajstić information content (AvgIpc) is 2.63. The minimum atomic E-state index is -1.03. The molecule has 0 N–H and O–H groups in total. The minimum absolute atomic E-state index is 0.0506. The largest absolute Gasteiger partial charge is 0.339 e. The Labute approximate surface area is 114 Å². The number of fused-ring (bicyclic) bond motifs is 1. The summed E-state index contributed by atoms with van der Waals surface area (Å²) < 4.78 is 12.9. The van der Waals surface area contributed by atoms with Gasteiger partial charge < -0.3 is 4.84 Å². The Morgan fingerprint density at radius 3 is 2.20 bits per heavy atom. The summed E-state index contributed by atoms with van der Waals surface area (Å²) in [5.41, 5.74) is -0.561. The molecule has 2 aliphatic rings. The van der Waals surface area contributed by atoms with Crippen molar-refractivity contribution < 1.29 is 23.6 Å². The first-order valence-corrected chi connectivity index (χ1v) is 6.27. The second-order valence-electron chi connectivity index (χ2n) is 5.40. The topological polar surface area (TPSA) is 63.7 Å². The van der Waals surface area contributed by atoms with E-state index in [1.165, 1.54) is 12.1 Å². The number of carbonyl (C=O) groups excluding carboxylic acids is 3. The first-order valence-electron chi connectivity index (χ1n) is 6.27. The van der Waals surface area contributed by atoms with Gasteiger partial charge in [-0.05, 0) is 31.9 Å². The zero-order valence-corrected chi connectivity index (χ0v) is 10.8. The van der Waals surface area contributed by atoms with Crippen molar-refractivity contribution in [3.8, 4) is 0 Å². The van der Waals surface area contributed by atoms with Crippen molar-refractivity contribution in [1.29, 1.82) is 0 Å². The molecule has 1 aromatic rings. The normalized spacial score (nSPS) is 28.1. The van der Waals surface area contributed by atoms with Crippen LogP contribution in [0.5, 0.6) is 0 Å². The Kier molecular flexibility index (Phi) is 2.64. The third-order valence-electron chi connectivity index (χ3n) is 3.77. The van der Waals surface area contributed by atoms with Gasteiger partial charge in [0.15, 0.2) is 0 Å². The van der Waals surface area contributed by atoms with E-state index in [2.05, 4.69) is 0 Å². The molecule has 0 saturated heterocycles. The highest BCUT2D eigenvalue weighted by Crippen LogP contribution is 2.44. The van der Waals surface area contributed by atoms with Crippen molar-refractivity contribution in [1.82, 2.24) is 5.06 Å². The molecule has 1 fully saturated rings. The minimum Gasteiger partial charge on any atom is -0.329 e. The number of rotatable bonds is 2. The zero-order chi connectivity index (χ0) is 14.5. The molecule has 104 valence electrons. The number of imide groups is 1. The van der Waals surface area contributed by atoms with E-state index in [-0.39, 0.29) is 24.0 Å². The summed E-state index contributed by atoms with van der Waals surface area (Å²) in [5.74, 6) is -2.08. The van der Waals surface area contributed by atoms with Gasteiger partial charge in [0, 0.05) is 0 Å². The van der Waals surface area contributed by atoms with Gasteiger partial charge in [0.2, 0.25) is 0 Å². The van der Waals surface area contributed by atoms with Crippen LogP contribution in [0.3, 0.4) is 0 Å². The molecule has 2 amide bonds. The highest BCUT2D eigenvalue weighted by Gasteiger charge is 2.50. The lowest BCUT2D eigenvalue weighted by molar-refractivity contribution is -0.189. The molecule has 1 aliphatic carbocycles. The van der Waals surface area contributed by atoms with Crippen LogP contribution >= 0.6 is 0 Å². The van der Waals surface area contributed by atoms with Crippen LogP contribution in [0.25, 0.3) is 0 Å². The summed E-state index contributed by atoms with van der Waals surface area (Å²) in [6, 6.07) is 6.23. The Morgan fingerprint density at radius 2 is 1.75 bits per heavy atom. The quantitative estimate of drug-likeness (QED) is 0.774. The van der Waals surface area contributed by atoms with Gasteiger partial charge in [-0.3, -0.25) is 9.59 Å². The number of nitrogens with zero attached hydrogens (tertiary/aromatic N) is 1. The summed E-state index contributed by atoms with van der Waals surface area (Å²) in [6.45, 7) is 1.56. The number of carbonyl (C=O) groups is 3. The maximum absolute atomic E-state index is 12.9. The molecule has 0 radical (unpaired) electrons. The number of hydrogen-bond donors (Lipinski definition) is 0. The first-order chi connectivity index (χ1) is 9.42. The molecule has 0 aromatic heterocycles. The second-order valence-corrected chi connectivity index (χ2v) is 5.40. The third kappa shape index (κ3) is 1.71. The van der Waals surface area contributed by atoms with E-state index in [0.717, 1.165) is 0 Å². The van der Waals surface area contributed by atoms with E-state index < -0.39 is 29.4 Å².